The summed E-state index contributed by atoms with van der Waals surface area (Å²) >= 11 is 0. The van der Waals surface area contributed by atoms with Crippen molar-refractivity contribution >= 4 is 11.8 Å². The molecule has 1 aliphatic rings. The molecule has 1 atom stereocenters. The number of piperidine rings is 1. The van der Waals surface area contributed by atoms with Gasteiger partial charge in [-0.3, -0.25) is 9.59 Å². The Labute approximate surface area is 122 Å². The first-order valence-corrected chi connectivity index (χ1v) is 7.66. The number of carbonyl (C=O) groups is 2. The van der Waals surface area contributed by atoms with E-state index in [0.29, 0.717) is 19.0 Å². The molecule has 1 unspecified atom stereocenters. The maximum Gasteiger partial charge on any atom is 0.239 e. The van der Waals surface area contributed by atoms with Gasteiger partial charge in [-0.2, -0.15) is 0 Å². The van der Waals surface area contributed by atoms with Crippen LogP contribution in [0.2, 0.25) is 0 Å². The zero-order valence-corrected chi connectivity index (χ0v) is 13.2. The lowest BCUT2D eigenvalue weighted by atomic mass is 10.00. The lowest BCUT2D eigenvalue weighted by Gasteiger charge is -2.34. The summed E-state index contributed by atoms with van der Waals surface area (Å²) in [6, 6.07) is -0.202. The molecule has 1 fully saturated rings. The maximum absolute atomic E-state index is 12.2. The topological polar surface area (TPSA) is 75.4 Å². The molecule has 0 aromatic carbocycles. The number of nitrogens with one attached hydrogen (secondary N) is 1. The van der Waals surface area contributed by atoms with Gasteiger partial charge in [0.1, 0.15) is 0 Å². The number of nitrogens with zero attached hydrogens (tertiary/aromatic N) is 1. The molecular weight excluding hydrogens is 254 g/mol. The molecule has 116 valence electrons. The lowest BCUT2D eigenvalue weighted by Crippen LogP contribution is -2.51. The average molecular weight is 283 g/mol. The molecule has 5 nitrogen and oxygen atoms in total. The normalized spacial score (nSPS) is 18.4. The third kappa shape index (κ3) is 5.12. The summed E-state index contributed by atoms with van der Waals surface area (Å²) in [5, 5.41) is 3.03. The van der Waals surface area contributed by atoms with Gasteiger partial charge in [-0.25, -0.2) is 0 Å². The van der Waals surface area contributed by atoms with Gasteiger partial charge in [-0.15, -0.1) is 0 Å². The summed E-state index contributed by atoms with van der Waals surface area (Å²) < 4.78 is 0. The minimum Gasteiger partial charge on any atom is -0.353 e. The smallest absolute Gasteiger partial charge is 0.239 e. The number of hydrogen-bond donors (Lipinski definition) is 2. The minimum atomic E-state index is -0.392. The molecule has 1 aliphatic heterocycles. The summed E-state index contributed by atoms with van der Waals surface area (Å²) in [5.41, 5.74) is 5.94. The van der Waals surface area contributed by atoms with E-state index in [2.05, 4.69) is 19.2 Å². The van der Waals surface area contributed by atoms with Gasteiger partial charge in [0.25, 0.3) is 0 Å². The lowest BCUT2D eigenvalue weighted by molar-refractivity contribution is -0.134. The summed E-state index contributed by atoms with van der Waals surface area (Å²) in [6.45, 7) is 9.29. The molecule has 0 saturated carbocycles. The van der Waals surface area contributed by atoms with Crippen molar-refractivity contribution in [1.82, 2.24) is 10.2 Å². The van der Waals surface area contributed by atoms with Gasteiger partial charge >= 0.3 is 0 Å². The molecule has 0 aromatic rings. The predicted molar refractivity (Wildman–Crippen MR) is 80.0 cm³/mol. The summed E-state index contributed by atoms with van der Waals surface area (Å²) in [5.74, 6) is 0.574. The van der Waals surface area contributed by atoms with Crippen LogP contribution in [0.1, 0.15) is 47.0 Å². The zero-order chi connectivity index (χ0) is 15.3. The summed E-state index contributed by atoms with van der Waals surface area (Å²) in [4.78, 5) is 25.7. The molecule has 20 heavy (non-hydrogen) atoms. The Morgan fingerprint density at radius 3 is 2.20 bits per heavy atom. The van der Waals surface area contributed by atoms with Crippen LogP contribution < -0.4 is 11.1 Å². The molecule has 1 heterocycles. The van der Waals surface area contributed by atoms with Gasteiger partial charge in [0.15, 0.2) is 0 Å². The Bertz CT molecular complexity index is 334. The molecule has 0 spiro atoms. The van der Waals surface area contributed by atoms with E-state index in [1.54, 1.807) is 0 Å². The maximum atomic E-state index is 12.2. The summed E-state index contributed by atoms with van der Waals surface area (Å²) in [6.07, 6.45) is 2.36. The Kier molecular flexibility index (Phi) is 6.46. The fourth-order valence-corrected chi connectivity index (χ4v) is 2.46. The molecule has 0 radical (unpaired) electrons. The van der Waals surface area contributed by atoms with Crippen LogP contribution in [0.5, 0.6) is 0 Å². The third-order valence-corrected chi connectivity index (χ3v) is 3.72. The fourth-order valence-electron chi connectivity index (χ4n) is 2.46. The SMILES string of the molecule is CC(C)CC(N)C(=O)N1CCC(NC(=O)C(C)C)CC1. The fraction of sp³-hybridized carbons (Fsp3) is 0.867. The number of nitrogens with two attached hydrogens (primary N) is 1. The Morgan fingerprint density at radius 2 is 1.75 bits per heavy atom. The largest absolute Gasteiger partial charge is 0.353 e. The van der Waals surface area contributed by atoms with Crippen LogP contribution in [0.15, 0.2) is 0 Å². The Balaban J connectivity index is 2.38. The van der Waals surface area contributed by atoms with Gasteiger partial charge in [-0.1, -0.05) is 27.7 Å². The first-order valence-electron chi connectivity index (χ1n) is 7.66. The zero-order valence-electron chi connectivity index (χ0n) is 13.2. The highest BCUT2D eigenvalue weighted by Gasteiger charge is 2.27. The van der Waals surface area contributed by atoms with Gasteiger partial charge in [0.05, 0.1) is 6.04 Å². The van der Waals surface area contributed by atoms with Crippen molar-refractivity contribution in [3.8, 4) is 0 Å². The third-order valence-electron chi connectivity index (χ3n) is 3.72. The van der Waals surface area contributed by atoms with Gasteiger partial charge in [-0.05, 0) is 25.2 Å². The number of hydrogen-bond acceptors (Lipinski definition) is 3. The van der Waals surface area contributed by atoms with Crippen molar-refractivity contribution in [1.29, 1.82) is 0 Å². The number of carbonyl (C=O) groups excluding carboxylic acids is 2. The highest BCUT2D eigenvalue weighted by Crippen LogP contribution is 2.14. The minimum absolute atomic E-state index is 0.00845. The predicted octanol–water partition coefficient (Wildman–Crippen LogP) is 1.12. The van der Waals surface area contributed by atoms with Crippen molar-refractivity contribution in [3.63, 3.8) is 0 Å². The standard InChI is InChI=1S/C15H29N3O2/c1-10(2)9-13(16)15(20)18-7-5-12(6-8-18)17-14(19)11(3)4/h10-13H,5-9,16H2,1-4H3,(H,17,19). The highest BCUT2D eigenvalue weighted by molar-refractivity contribution is 5.82. The van der Waals surface area contributed by atoms with Crippen LogP contribution in [-0.4, -0.2) is 41.9 Å². The van der Waals surface area contributed by atoms with E-state index < -0.39 is 6.04 Å². The van der Waals surface area contributed by atoms with Crippen LogP contribution in [0.25, 0.3) is 0 Å². The molecule has 0 aromatic heterocycles. The molecular formula is C15H29N3O2. The number of amides is 2. The Hall–Kier alpha value is -1.10. The van der Waals surface area contributed by atoms with Crippen molar-refractivity contribution in [2.24, 2.45) is 17.6 Å². The van der Waals surface area contributed by atoms with Crippen molar-refractivity contribution < 1.29 is 9.59 Å². The monoisotopic (exact) mass is 283 g/mol. The van der Waals surface area contributed by atoms with E-state index in [1.807, 2.05) is 18.7 Å². The van der Waals surface area contributed by atoms with Crippen LogP contribution in [0.4, 0.5) is 0 Å². The van der Waals surface area contributed by atoms with Crippen molar-refractivity contribution in [3.05, 3.63) is 0 Å². The number of likely N-dealkylation sites (tertiary alicyclic amines) is 1. The van der Waals surface area contributed by atoms with E-state index in [9.17, 15) is 9.59 Å². The first-order chi connectivity index (χ1) is 9.31. The van der Waals surface area contributed by atoms with Gasteiger partial charge in [0.2, 0.25) is 11.8 Å². The molecule has 1 saturated heterocycles. The molecule has 2 amide bonds. The van der Waals surface area contributed by atoms with E-state index in [0.717, 1.165) is 19.3 Å². The van der Waals surface area contributed by atoms with Crippen molar-refractivity contribution in [2.75, 3.05) is 13.1 Å². The Morgan fingerprint density at radius 1 is 1.20 bits per heavy atom. The van der Waals surface area contributed by atoms with Crippen LogP contribution in [-0.2, 0) is 9.59 Å². The molecule has 3 N–H and O–H groups in total. The number of rotatable bonds is 5. The van der Waals surface area contributed by atoms with Gasteiger partial charge < -0.3 is 16.0 Å². The first kappa shape index (κ1) is 17.0. The van der Waals surface area contributed by atoms with Crippen LogP contribution in [0.3, 0.4) is 0 Å². The molecule has 0 aliphatic carbocycles. The van der Waals surface area contributed by atoms with Crippen molar-refractivity contribution in [2.45, 2.75) is 59.0 Å². The second kappa shape index (κ2) is 7.62. The van der Waals surface area contributed by atoms with E-state index >= 15 is 0 Å². The molecule has 5 heteroatoms. The molecule has 0 bridgehead atoms. The van der Waals surface area contributed by atoms with Crippen LogP contribution >= 0.6 is 0 Å². The van der Waals surface area contributed by atoms with E-state index in [-0.39, 0.29) is 23.8 Å². The average Bonchev–Trinajstić information content (AvgIpc) is 2.37. The summed E-state index contributed by atoms with van der Waals surface area (Å²) in [7, 11) is 0. The second-order valence-corrected chi connectivity index (χ2v) is 6.50. The quantitative estimate of drug-likeness (QED) is 0.794. The van der Waals surface area contributed by atoms with E-state index in [4.69, 9.17) is 5.73 Å². The van der Waals surface area contributed by atoms with E-state index in [1.165, 1.54) is 0 Å². The molecule has 1 rings (SSSR count). The highest BCUT2D eigenvalue weighted by atomic mass is 16.2. The second-order valence-electron chi connectivity index (χ2n) is 6.50. The van der Waals surface area contributed by atoms with Gasteiger partial charge in [0, 0.05) is 25.0 Å². The van der Waals surface area contributed by atoms with Crippen LogP contribution in [0, 0.1) is 11.8 Å².